The Morgan fingerprint density at radius 2 is 1.94 bits per heavy atom. The predicted octanol–water partition coefficient (Wildman–Crippen LogP) is 3.04. The van der Waals surface area contributed by atoms with Gasteiger partial charge >= 0.3 is 0 Å². The molecule has 1 aliphatic carbocycles. The van der Waals surface area contributed by atoms with Crippen LogP contribution in [-0.4, -0.2) is 77.2 Å². The average Bonchev–Trinajstić information content (AvgIpc) is 3.58. The summed E-state index contributed by atoms with van der Waals surface area (Å²) in [6, 6.07) is 6.31. The lowest BCUT2D eigenvalue weighted by molar-refractivity contribution is -0.114. The largest absolute Gasteiger partial charge is 0.366 e. The fourth-order valence-corrected chi connectivity index (χ4v) is 7.13. The molecule has 0 bridgehead atoms. The van der Waals surface area contributed by atoms with Gasteiger partial charge in [-0.15, -0.1) is 0 Å². The van der Waals surface area contributed by atoms with Gasteiger partial charge in [-0.05, 0) is 38.3 Å². The van der Waals surface area contributed by atoms with E-state index in [2.05, 4.69) is 46.5 Å². The third-order valence-electron chi connectivity index (χ3n) is 6.50. The number of fused-ring (bicyclic) bond motifs is 1. The van der Waals surface area contributed by atoms with Gasteiger partial charge in [0, 0.05) is 57.0 Å². The van der Waals surface area contributed by atoms with Crippen LogP contribution in [-0.2, 0) is 14.8 Å². The molecule has 2 fully saturated rings. The SMILES string of the molecule is CC(=O)Nc1ncc(S(=O)(=O)N2CCN(CC(C)Nc3nc(C4CC4)nc4c(C)cccc34)CC2)s1. The quantitative estimate of drug-likeness (QED) is 0.457. The molecule has 1 aliphatic heterocycles. The summed E-state index contributed by atoms with van der Waals surface area (Å²) in [7, 11) is -3.63. The molecule has 2 N–H and O–H groups in total. The van der Waals surface area contributed by atoms with Crippen LogP contribution in [0.25, 0.3) is 10.9 Å². The molecule has 10 nitrogen and oxygen atoms in total. The Balaban J connectivity index is 1.21. The number of rotatable bonds is 8. The van der Waals surface area contributed by atoms with Crippen LogP contribution in [0, 0.1) is 6.92 Å². The molecule has 36 heavy (non-hydrogen) atoms. The average molecular weight is 530 g/mol. The van der Waals surface area contributed by atoms with E-state index in [1.54, 1.807) is 0 Å². The van der Waals surface area contributed by atoms with Crippen LogP contribution in [0.3, 0.4) is 0 Å². The van der Waals surface area contributed by atoms with Crippen molar-refractivity contribution >= 4 is 49.1 Å². The van der Waals surface area contributed by atoms with E-state index in [4.69, 9.17) is 9.97 Å². The van der Waals surface area contributed by atoms with Crippen LogP contribution in [0.5, 0.6) is 0 Å². The Kier molecular flexibility index (Phi) is 6.95. The fraction of sp³-hybridized carbons (Fsp3) is 0.500. The molecule has 192 valence electrons. The van der Waals surface area contributed by atoms with Gasteiger partial charge in [-0.3, -0.25) is 9.69 Å². The number of carbonyl (C=O) groups excluding carboxylic acids is 1. The van der Waals surface area contributed by atoms with E-state index in [9.17, 15) is 13.2 Å². The van der Waals surface area contributed by atoms with Gasteiger partial charge in [-0.25, -0.2) is 23.4 Å². The number of benzene rings is 1. The highest BCUT2D eigenvalue weighted by Crippen LogP contribution is 2.39. The van der Waals surface area contributed by atoms with Gasteiger partial charge in [0.25, 0.3) is 10.0 Å². The van der Waals surface area contributed by atoms with Gasteiger partial charge in [0.1, 0.15) is 11.6 Å². The minimum atomic E-state index is -3.63. The molecular formula is C24H31N7O3S2. The monoisotopic (exact) mass is 529 g/mol. The molecule has 2 aromatic heterocycles. The summed E-state index contributed by atoms with van der Waals surface area (Å²) in [4.78, 5) is 27.2. The normalized spacial score (nSPS) is 18.3. The molecule has 0 radical (unpaired) electrons. The van der Waals surface area contributed by atoms with Crippen molar-refractivity contribution in [3.05, 3.63) is 35.8 Å². The van der Waals surface area contributed by atoms with E-state index in [0.29, 0.717) is 32.1 Å². The lowest BCUT2D eigenvalue weighted by Gasteiger charge is -2.35. The summed E-state index contributed by atoms with van der Waals surface area (Å²) in [5, 5.41) is 7.46. The molecule has 5 rings (SSSR count). The number of aromatic nitrogens is 3. The van der Waals surface area contributed by atoms with E-state index in [-0.39, 0.29) is 21.3 Å². The Bertz CT molecular complexity index is 1380. The molecule has 1 unspecified atom stereocenters. The van der Waals surface area contributed by atoms with Crippen LogP contribution in [0.15, 0.2) is 28.6 Å². The van der Waals surface area contributed by atoms with Crippen LogP contribution in [0.2, 0.25) is 0 Å². The number of thiazole rings is 1. The molecule has 1 atom stereocenters. The summed E-state index contributed by atoms with van der Waals surface area (Å²) < 4.78 is 27.7. The molecular weight excluding hydrogens is 498 g/mol. The number of nitrogens with one attached hydrogen (secondary N) is 2. The molecule has 12 heteroatoms. The van der Waals surface area contributed by atoms with Crippen molar-refractivity contribution in [1.29, 1.82) is 0 Å². The van der Waals surface area contributed by atoms with Crippen LogP contribution in [0.4, 0.5) is 10.9 Å². The third kappa shape index (κ3) is 5.36. The molecule has 3 heterocycles. The summed E-state index contributed by atoms with van der Waals surface area (Å²) >= 11 is 0.975. The summed E-state index contributed by atoms with van der Waals surface area (Å²) in [5.74, 6) is 1.99. The van der Waals surface area contributed by atoms with Crippen LogP contribution < -0.4 is 10.6 Å². The number of nitrogens with zero attached hydrogens (tertiary/aromatic N) is 5. The topological polar surface area (TPSA) is 120 Å². The molecule has 3 aromatic rings. The summed E-state index contributed by atoms with van der Waals surface area (Å²) in [5.41, 5.74) is 2.16. The smallest absolute Gasteiger partial charge is 0.254 e. The second-order valence-electron chi connectivity index (χ2n) is 9.59. The van der Waals surface area contributed by atoms with E-state index in [1.165, 1.54) is 17.4 Å². The van der Waals surface area contributed by atoms with Crippen molar-refractivity contribution in [3.63, 3.8) is 0 Å². The van der Waals surface area contributed by atoms with E-state index in [0.717, 1.165) is 58.8 Å². The number of piperazine rings is 1. The lowest BCUT2D eigenvalue weighted by Crippen LogP contribution is -2.50. The Labute approximate surface area is 215 Å². The molecule has 0 spiro atoms. The number of carbonyl (C=O) groups is 1. The van der Waals surface area contributed by atoms with E-state index < -0.39 is 10.0 Å². The molecule has 1 amide bonds. The Morgan fingerprint density at radius 1 is 1.19 bits per heavy atom. The number of hydrogen-bond acceptors (Lipinski definition) is 9. The maximum atomic E-state index is 13.0. The first-order valence-corrected chi connectivity index (χ1v) is 14.5. The highest BCUT2D eigenvalue weighted by atomic mass is 32.2. The van der Waals surface area contributed by atoms with E-state index >= 15 is 0 Å². The van der Waals surface area contributed by atoms with Crippen molar-refractivity contribution in [1.82, 2.24) is 24.2 Å². The fourth-order valence-electron chi connectivity index (χ4n) is 4.48. The Hall–Kier alpha value is -2.67. The first kappa shape index (κ1) is 25.0. The van der Waals surface area contributed by atoms with Crippen LogP contribution >= 0.6 is 11.3 Å². The summed E-state index contributed by atoms with van der Waals surface area (Å²) in [6.07, 6.45) is 3.61. The predicted molar refractivity (Wildman–Crippen MR) is 141 cm³/mol. The maximum absolute atomic E-state index is 13.0. The van der Waals surface area contributed by atoms with Gasteiger partial charge in [0.05, 0.1) is 11.7 Å². The maximum Gasteiger partial charge on any atom is 0.254 e. The molecule has 1 saturated heterocycles. The lowest BCUT2D eigenvalue weighted by atomic mass is 10.1. The second-order valence-corrected chi connectivity index (χ2v) is 12.8. The number of para-hydroxylation sites is 1. The highest BCUT2D eigenvalue weighted by molar-refractivity contribution is 7.91. The molecule has 1 aromatic carbocycles. The van der Waals surface area contributed by atoms with Crippen molar-refractivity contribution in [2.24, 2.45) is 0 Å². The highest BCUT2D eigenvalue weighted by Gasteiger charge is 2.31. The first-order valence-electron chi connectivity index (χ1n) is 12.2. The zero-order valence-corrected chi connectivity index (χ0v) is 22.3. The van der Waals surface area contributed by atoms with Crippen molar-refractivity contribution < 1.29 is 13.2 Å². The second kappa shape index (κ2) is 10.0. The van der Waals surface area contributed by atoms with Crippen LogP contribution in [0.1, 0.15) is 44.0 Å². The minimum Gasteiger partial charge on any atom is -0.366 e. The van der Waals surface area contributed by atoms with Crippen molar-refractivity contribution in [2.45, 2.75) is 49.8 Å². The first-order chi connectivity index (χ1) is 17.2. The third-order valence-corrected chi connectivity index (χ3v) is 9.74. The molecule has 1 saturated carbocycles. The number of sulfonamides is 1. The molecule has 2 aliphatic rings. The van der Waals surface area contributed by atoms with Crippen molar-refractivity contribution in [3.8, 4) is 0 Å². The minimum absolute atomic E-state index is 0.125. The standard InChI is InChI=1S/C24H31N7O3S2/c1-15-5-4-6-19-21(15)28-22(18-7-8-18)29-23(19)26-16(2)14-30-9-11-31(12-10-30)36(33,34)20-13-25-24(35-20)27-17(3)32/h4-6,13,16,18H,7-12,14H2,1-3H3,(H,25,27,32)(H,26,28,29). The van der Waals surface area contributed by atoms with Gasteiger partial charge < -0.3 is 10.6 Å². The summed E-state index contributed by atoms with van der Waals surface area (Å²) in [6.45, 7) is 8.44. The number of amides is 1. The Morgan fingerprint density at radius 3 is 2.64 bits per heavy atom. The zero-order chi connectivity index (χ0) is 25.4. The van der Waals surface area contributed by atoms with Gasteiger partial charge in [-0.1, -0.05) is 23.5 Å². The number of hydrogen-bond donors (Lipinski definition) is 2. The zero-order valence-electron chi connectivity index (χ0n) is 20.7. The van der Waals surface area contributed by atoms with Gasteiger partial charge in [-0.2, -0.15) is 4.31 Å². The van der Waals surface area contributed by atoms with Crippen molar-refractivity contribution in [2.75, 3.05) is 43.4 Å². The van der Waals surface area contributed by atoms with Gasteiger partial charge in [0.15, 0.2) is 9.34 Å². The number of anilines is 2. The number of aryl methyl sites for hydroxylation is 1. The van der Waals surface area contributed by atoms with E-state index in [1.807, 2.05) is 6.07 Å². The van der Waals surface area contributed by atoms with Gasteiger partial charge in [0.2, 0.25) is 5.91 Å².